The first-order valence-corrected chi connectivity index (χ1v) is 5.88. The summed E-state index contributed by atoms with van der Waals surface area (Å²) in [5.41, 5.74) is 0. The summed E-state index contributed by atoms with van der Waals surface area (Å²) in [4.78, 5) is 2.43. The van der Waals surface area contributed by atoms with Crippen LogP contribution in [-0.4, -0.2) is 24.5 Å². The summed E-state index contributed by atoms with van der Waals surface area (Å²) in [7, 11) is 2.22. The standard InChI is InChI=1S/C12H27N.ClH/c1-5-6-7-8-9-10-11-13(4)12(2)3;/h12H,5-11H2,1-4H3;1H. The number of unbranched alkanes of at least 4 members (excludes halogenated alkanes) is 5. The lowest BCUT2D eigenvalue weighted by Crippen LogP contribution is -2.27. The van der Waals surface area contributed by atoms with Gasteiger partial charge in [-0.25, -0.2) is 0 Å². The van der Waals surface area contributed by atoms with Crippen molar-refractivity contribution >= 4 is 12.4 Å². The highest BCUT2D eigenvalue weighted by Gasteiger charge is 2.01. The maximum atomic E-state index is 2.43. The molecule has 0 amide bonds. The molecule has 0 heterocycles. The van der Waals surface area contributed by atoms with E-state index < -0.39 is 0 Å². The van der Waals surface area contributed by atoms with E-state index in [1.165, 1.54) is 45.1 Å². The summed E-state index contributed by atoms with van der Waals surface area (Å²) in [5.74, 6) is 0. The Hall–Kier alpha value is 0.250. The van der Waals surface area contributed by atoms with Crippen molar-refractivity contribution in [3.8, 4) is 0 Å². The van der Waals surface area contributed by atoms with E-state index in [1.807, 2.05) is 0 Å². The summed E-state index contributed by atoms with van der Waals surface area (Å²) in [6.07, 6.45) is 8.42. The topological polar surface area (TPSA) is 3.24 Å². The van der Waals surface area contributed by atoms with Crippen LogP contribution in [0, 0.1) is 0 Å². The predicted molar refractivity (Wildman–Crippen MR) is 68.4 cm³/mol. The zero-order chi connectivity index (χ0) is 10.1. The Morgan fingerprint density at radius 1 is 0.929 bits per heavy atom. The van der Waals surface area contributed by atoms with Crippen molar-refractivity contribution in [2.75, 3.05) is 13.6 Å². The summed E-state index contributed by atoms with van der Waals surface area (Å²) in [5, 5.41) is 0. The van der Waals surface area contributed by atoms with Crippen LogP contribution in [0.25, 0.3) is 0 Å². The first-order chi connectivity index (χ1) is 6.18. The van der Waals surface area contributed by atoms with Crippen molar-refractivity contribution in [1.29, 1.82) is 0 Å². The highest BCUT2D eigenvalue weighted by atomic mass is 35.5. The third-order valence-electron chi connectivity index (χ3n) is 2.75. The lowest BCUT2D eigenvalue weighted by atomic mass is 10.1. The van der Waals surface area contributed by atoms with E-state index >= 15 is 0 Å². The summed E-state index contributed by atoms with van der Waals surface area (Å²) < 4.78 is 0. The fourth-order valence-corrected chi connectivity index (χ4v) is 1.40. The maximum Gasteiger partial charge on any atom is 0.00355 e. The second kappa shape index (κ2) is 11.3. The van der Waals surface area contributed by atoms with Gasteiger partial charge in [-0.2, -0.15) is 0 Å². The van der Waals surface area contributed by atoms with Crippen molar-refractivity contribution in [3.63, 3.8) is 0 Å². The molecule has 0 N–H and O–H groups in total. The second-order valence-corrected chi connectivity index (χ2v) is 4.34. The molecule has 0 rings (SSSR count). The molecule has 88 valence electrons. The highest BCUT2D eigenvalue weighted by molar-refractivity contribution is 5.85. The molecule has 0 spiro atoms. The van der Waals surface area contributed by atoms with Gasteiger partial charge in [0.05, 0.1) is 0 Å². The molecule has 0 bridgehead atoms. The molecule has 0 atom stereocenters. The lowest BCUT2D eigenvalue weighted by molar-refractivity contribution is 0.267. The average Bonchev–Trinajstić information content (AvgIpc) is 2.10. The van der Waals surface area contributed by atoms with E-state index in [2.05, 4.69) is 32.7 Å². The molecule has 0 unspecified atom stereocenters. The number of nitrogens with zero attached hydrogens (tertiary/aromatic N) is 1. The molecular weight excluding hydrogens is 194 g/mol. The predicted octanol–water partition coefficient (Wildman–Crippen LogP) is 4.11. The van der Waals surface area contributed by atoms with E-state index in [1.54, 1.807) is 0 Å². The maximum absolute atomic E-state index is 2.43. The molecule has 14 heavy (non-hydrogen) atoms. The fourth-order valence-electron chi connectivity index (χ4n) is 1.40. The summed E-state index contributed by atoms with van der Waals surface area (Å²) in [6.45, 7) is 8.06. The molecule has 1 nitrogen and oxygen atoms in total. The summed E-state index contributed by atoms with van der Waals surface area (Å²) in [6, 6.07) is 0.704. The van der Waals surface area contributed by atoms with E-state index in [4.69, 9.17) is 0 Å². The molecule has 0 aliphatic heterocycles. The van der Waals surface area contributed by atoms with Crippen molar-refractivity contribution in [2.45, 2.75) is 65.3 Å². The van der Waals surface area contributed by atoms with Gasteiger partial charge < -0.3 is 4.90 Å². The van der Waals surface area contributed by atoms with Crippen LogP contribution in [0.2, 0.25) is 0 Å². The zero-order valence-electron chi connectivity index (χ0n) is 10.4. The molecule has 0 aromatic heterocycles. The van der Waals surface area contributed by atoms with Crippen LogP contribution in [0.1, 0.15) is 59.3 Å². The van der Waals surface area contributed by atoms with Gasteiger partial charge in [-0.1, -0.05) is 39.0 Å². The van der Waals surface area contributed by atoms with Crippen LogP contribution in [0.15, 0.2) is 0 Å². The molecule has 0 fully saturated rings. The van der Waals surface area contributed by atoms with Gasteiger partial charge in [0, 0.05) is 6.04 Å². The lowest BCUT2D eigenvalue weighted by Gasteiger charge is -2.20. The molecule has 0 saturated carbocycles. The zero-order valence-corrected chi connectivity index (χ0v) is 11.2. The Morgan fingerprint density at radius 2 is 1.43 bits per heavy atom. The Morgan fingerprint density at radius 3 is 1.93 bits per heavy atom. The monoisotopic (exact) mass is 221 g/mol. The Labute approximate surface area is 96.7 Å². The van der Waals surface area contributed by atoms with E-state index in [0.29, 0.717) is 6.04 Å². The van der Waals surface area contributed by atoms with Crippen LogP contribution < -0.4 is 0 Å². The van der Waals surface area contributed by atoms with Crippen LogP contribution in [-0.2, 0) is 0 Å². The van der Waals surface area contributed by atoms with Crippen molar-refractivity contribution in [1.82, 2.24) is 4.90 Å². The van der Waals surface area contributed by atoms with Gasteiger partial charge in [0.2, 0.25) is 0 Å². The van der Waals surface area contributed by atoms with E-state index in [0.717, 1.165) is 0 Å². The molecular formula is C12H28ClN. The quantitative estimate of drug-likeness (QED) is 0.558. The fraction of sp³-hybridized carbons (Fsp3) is 1.00. The SMILES string of the molecule is CCCCCCCCN(C)C(C)C.Cl. The smallest absolute Gasteiger partial charge is 0.00355 e. The minimum atomic E-state index is 0. The van der Waals surface area contributed by atoms with Crippen molar-refractivity contribution in [2.24, 2.45) is 0 Å². The van der Waals surface area contributed by atoms with Gasteiger partial charge in [-0.3, -0.25) is 0 Å². The molecule has 0 saturated heterocycles. The average molecular weight is 222 g/mol. The van der Waals surface area contributed by atoms with E-state index in [9.17, 15) is 0 Å². The minimum Gasteiger partial charge on any atom is -0.304 e. The van der Waals surface area contributed by atoms with Crippen molar-refractivity contribution in [3.05, 3.63) is 0 Å². The number of hydrogen-bond donors (Lipinski definition) is 0. The van der Waals surface area contributed by atoms with E-state index in [-0.39, 0.29) is 12.4 Å². The molecule has 0 aromatic carbocycles. The number of rotatable bonds is 8. The van der Waals surface area contributed by atoms with Gasteiger partial charge >= 0.3 is 0 Å². The van der Waals surface area contributed by atoms with Crippen LogP contribution >= 0.6 is 12.4 Å². The molecule has 2 heteroatoms. The minimum absolute atomic E-state index is 0. The van der Waals surface area contributed by atoms with Gasteiger partial charge in [-0.05, 0) is 33.9 Å². The van der Waals surface area contributed by atoms with Gasteiger partial charge in [-0.15, -0.1) is 12.4 Å². The normalized spacial score (nSPS) is 10.7. The van der Waals surface area contributed by atoms with Gasteiger partial charge in [0.25, 0.3) is 0 Å². The third-order valence-corrected chi connectivity index (χ3v) is 2.75. The van der Waals surface area contributed by atoms with Gasteiger partial charge in [0.15, 0.2) is 0 Å². The Kier molecular flexibility index (Phi) is 13.5. The van der Waals surface area contributed by atoms with Crippen LogP contribution in [0.5, 0.6) is 0 Å². The molecule has 0 aliphatic carbocycles. The van der Waals surface area contributed by atoms with Crippen LogP contribution in [0.4, 0.5) is 0 Å². The third kappa shape index (κ3) is 10.3. The van der Waals surface area contributed by atoms with Crippen LogP contribution in [0.3, 0.4) is 0 Å². The highest BCUT2D eigenvalue weighted by Crippen LogP contribution is 2.06. The summed E-state index contributed by atoms with van der Waals surface area (Å²) >= 11 is 0. The number of halogens is 1. The number of hydrogen-bond acceptors (Lipinski definition) is 1. The Bertz CT molecular complexity index is 104. The second-order valence-electron chi connectivity index (χ2n) is 4.34. The molecule has 0 radical (unpaired) electrons. The molecule has 0 aliphatic rings. The first-order valence-electron chi connectivity index (χ1n) is 5.88. The molecule has 0 aromatic rings. The van der Waals surface area contributed by atoms with Gasteiger partial charge in [0.1, 0.15) is 0 Å². The first kappa shape index (κ1) is 16.7. The largest absolute Gasteiger partial charge is 0.304 e. The Balaban J connectivity index is 0. The van der Waals surface area contributed by atoms with Crippen molar-refractivity contribution < 1.29 is 0 Å².